The van der Waals surface area contributed by atoms with Crippen molar-refractivity contribution in [3.8, 4) is 5.75 Å². The molecule has 0 aliphatic rings. The Morgan fingerprint density at radius 1 is 1.40 bits per heavy atom. The molecule has 2 rings (SSSR count). The van der Waals surface area contributed by atoms with Gasteiger partial charge in [0.15, 0.2) is 6.29 Å². The minimum Gasteiger partial charge on any atom is -0.507 e. The van der Waals surface area contributed by atoms with Gasteiger partial charge in [-0.1, -0.05) is 19.9 Å². The second-order valence-electron chi connectivity index (χ2n) is 3.94. The molecule has 0 unspecified atom stereocenters. The number of phenols is 1. The van der Waals surface area contributed by atoms with E-state index in [1.165, 1.54) is 0 Å². The maximum atomic E-state index is 10.8. The van der Waals surface area contributed by atoms with E-state index in [1.54, 1.807) is 6.20 Å². The van der Waals surface area contributed by atoms with Gasteiger partial charge in [-0.15, -0.1) is 0 Å². The number of H-pyrrole nitrogens is 1. The number of carbonyl (C=O) groups excluding carboxylic acids is 1. The number of aldehydes is 1. The summed E-state index contributed by atoms with van der Waals surface area (Å²) in [5.41, 5.74) is 2.16. The summed E-state index contributed by atoms with van der Waals surface area (Å²) in [6, 6.07) is 3.77. The first-order chi connectivity index (χ1) is 7.15. The van der Waals surface area contributed by atoms with Crippen LogP contribution in [-0.2, 0) is 0 Å². The maximum absolute atomic E-state index is 10.8. The number of benzene rings is 1. The molecular weight excluding hydrogens is 190 g/mol. The molecule has 0 spiro atoms. The van der Waals surface area contributed by atoms with E-state index in [-0.39, 0.29) is 11.7 Å². The van der Waals surface area contributed by atoms with E-state index in [0.29, 0.717) is 10.9 Å². The Morgan fingerprint density at radius 2 is 2.13 bits per heavy atom. The van der Waals surface area contributed by atoms with E-state index >= 15 is 0 Å². The molecule has 1 aromatic carbocycles. The van der Waals surface area contributed by atoms with E-state index in [4.69, 9.17) is 0 Å². The third-order valence-corrected chi connectivity index (χ3v) is 2.63. The quantitative estimate of drug-likeness (QED) is 0.737. The van der Waals surface area contributed by atoms with Crippen LogP contribution in [0, 0.1) is 0 Å². The summed E-state index contributed by atoms with van der Waals surface area (Å²) < 4.78 is 0. The van der Waals surface area contributed by atoms with Gasteiger partial charge in [-0.3, -0.25) is 4.79 Å². The van der Waals surface area contributed by atoms with Gasteiger partial charge in [-0.2, -0.15) is 0 Å². The Kier molecular flexibility index (Phi) is 2.23. The first kappa shape index (κ1) is 9.77. The highest BCUT2D eigenvalue weighted by molar-refractivity contribution is 6.01. The van der Waals surface area contributed by atoms with E-state index in [2.05, 4.69) is 4.98 Å². The van der Waals surface area contributed by atoms with Crippen molar-refractivity contribution in [2.45, 2.75) is 19.8 Å². The smallest absolute Gasteiger partial charge is 0.152 e. The van der Waals surface area contributed by atoms with Gasteiger partial charge >= 0.3 is 0 Å². The lowest BCUT2D eigenvalue weighted by Gasteiger charge is -2.08. The second-order valence-corrected chi connectivity index (χ2v) is 3.94. The standard InChI is InChI=1S/C12H13NO2/c1-7(2)9-3-4-10-11(12(9)15)8(6-14)5-13-10/h3-7,13,15H,1-2H3. The van der Waals surface area contributed by atoms with Gasteiger partial charge in [-0.25, -0.2) is 0 Å². The summed E-state index contributed by atoms with van der Waals surface area (Å²) in [6.07, 6.45) is 2.37. The number of aromatic amines is 1. The Labute approximate surface area is 87.7 Å². The van der Waals surface area contributed by atoms with Crippen LogP contribution in [0.1, 0.15) is 35.7 Å². The van der Waals surface area contributed by atoms with Crippen LogP contribution in [0.2, 0.25) is 0 Å². The SMILES string of the molecule is CC(C)c1ccc2[nH]cc(C=O)c2c1O. The summed E-state index contributed by atoms with van der Waals surface area (Å²) in [4.78, 5) is 13.7. The normalized spacial score (nSPS) is 11.1. The Morgan fingerprint density at radius 3 is 2.73 bits per heavy atom. The van der Waals surface area contributed by atoms with Crippen molar-refractivity contribution in [2.75, 3.05) is 0 Å². The number of hydrogen-bond donors (Lipinski definition) is 2. The lowest BCUT2D eigenvalue weighted by atomic mass is 9.99. The predicted octanol–water partition coefficient (Wildman–Crippen LogP) is 2.81. The van der Waals surface area contributed by atoms with Crippen LogP contribution < -0.4 is 0 Å². The highest BCUT2D eigenvalue weighted by atomic mass is 16.3. The van der Waals surface area contributed by atoms with E-state index in [1.807, 2.05) is 26.0 Å². The van der Waals surface area contributed by atoms with Crippen molar-refractivity contribution in [2.24, 2.45) is 0 Å². The number of fused-ring (bicyclic) bond motifs is 1. The molecule has 0 saturated heterocycles. The molecule has 78 valence electrons. The first-order valence-electron chi connectivity index (χ1n) is 4.93. The monoisotopic (exact) mass is 203 g/mol. The number of aromatic nitrogens is 1. The number of rotatable bonds is 2. The average molecular weight is 203 g/mol. The van der Waals surface area contributed by atoms with Crippen LogP contribution in [-0.4, -0.2) is 16.4 Å². The summed E-state index contributed by atoms with van der Waals surface area (Å²) in [5.74, 6) is 0.453. The minimum absolute atomic E-state index is 0.214. The van der Waals surface area contributed by atoms with Crippen molar-refractivity contribution in [3.63, 3.8) is 0 Å². The maximum Gasteiger partial charge on any atom is 0.152 e. The van der Waals surface area contributed by atoms with Crippen molar-refractivity contribution in [1.29, 1.82) is 0 Å². The van der Waals surface area contributed by atoms with Crippen LogP contribution in [0.15, 0.2) is 18.3 Å². The molecule has 0 bridgehead atoms. The second kappa shape index (κ2) is 3.42. The molecule has 0 radical (unpaired) electrons. The fourth-order valence-corrected chi connectivity index (χ4v) is 1.81. The van der Waals surface area contributed by atoms with Crippen LogP contribution in [0.5, 0.6) is 5.75 Å². The Balaban J connectivity index is 2.80. The molecule has 3 nitrogen and oxygen atoms in total. The van der Waals surface area contributed by atoms with Crippen LogP contribution in [0.3, 0.4) is 0 Å². The predicted molar refractivity (Wildman–Crippen MR) is 59.4 cm³/mol. The van der Waals surface area contributed by atoms with Crippen molar-refractivity contribution < 1.29 is 9.90 Å². The van der Waals surface area contributed by atoms with Gasteiger partial charge in [0.2, 0.25) is 0 Å². The lowest BCUT2D eigenvalue weighted by molar-refractivity contribution is 0.112. The zero-order chi connectivity index (χ0) is 11.0. The Bertz CT molecular complexity index is 512. The molecular formula is C12H13NO2. The molecule has 0 aliphatic heterocycles. The molecule has 15 heavy (non-hydrogen) atoms. The number of phenolic OH excluding ortho intramolecular Hbond substituents is 1. The molecule has 1 aromatic heterocycles. The molecule has 1 heterocycles. The summed E-state index contributed by atoms with van der Waals surface area (Å²) >= 11 is 0. The van der Waals surface area contributed by atoms with Crippen LogP contribution >= 0.6 is 0 Å². The fraction of sp³-hybridized carbons (Fsp3) is 0.250. The van der Waals surface area contributed by atoms with E-state index in [9.17, 15) is 9.90 Å². The van der Waals surface area contributed by atoms with Gasteiger partial charge in [-0.05, 0) is 17.5 Å². The summed E-state index contributed by atoms with van der Waals surface area (Å²) in [7, 11) is 0. The van der Waals surface area contributed by atoms with Gasteiger partial charge in [0.25, 0.3) is 0 Å². The van der Waals surface area contributed by atoms with Crippen molar-refractivity contribution in [1.82, 2.24) is 4.98 Å². The van der Waals surface area contributed by atoms with Crippen LogP contribution in [0.25, 0.3) is 10.9 Å². The minimum atomic E-state index is 0.214. The number of hydrogen-bond acceptors (Lipinski definition) is 2. The fourth-order valence-electron chi connectivity index (χ4n) is 1.81. The zero-order valence-corrected chi connectivity index (χ0v) is 8.74. The topological polar surface area (TPSA) is 53.1 Å². The number of carbonyl (C=O) groups is 1. The zero-order valence-electron chi connectivity index (χ0n) is 8.74. The highest BCUT2D eigenvalue weighted by Gasteiger charge is 2.13. The third-order valence-electron chi connectivity index (χ3n) is 2.63. The molecule has 0 saturated carbocycles. The Hall–Kier alpha value is -1.77. The average Bonchev–Trinajstić information content (AvgIpc) is 2.61. The summed E-state index contributed by atoms with van der Waals surface area (Å²) in [6.45, 7) is 4.02. The molecule has 3 heteroatoms. The molecule has 2 aromatic rings. The third kappa shape index (κ3) is 1.40. The first-order valence-corrected chi connectivity index (χ1v) is 4.93. The molecule has 2 N–H and O–H groups in total. The largest absolute Gasteiger partial charge is 0.507 e. The van der Waals surface area contributed by atoms with Crippen LogP contribution in [0.4, 0.5) is 0 Å². The number of aromatic hydroxyl groups is 1. The molecule has 0 amide bonds. The van der Waals surface area contributed by atoms with Gasteiger partial charge in [0.1, 0.15) is 5.75 Å². The number of nitrogens with one attached hydrogen (secondary N) is 1. The van der Waals surface area contributed by atoms with Gasteiger partial charge in [0, 0.05) is 17.3 Å². The molecule has 0 fully saturated rings. The lowest BCUT2D eigenvalue weighted by Crippen LogP contribution is -1.89. The van der Waals surface area contributed by atoms with Crippen molar-refractivity contribution in [3.05, 3.63) is 29.5 Å². The van der Waals surface area contributed by atoms with E-state index < -0.39 is 0 Å². The summed E-state index contributed by atoms with van der Waals surface area (Å²) in [5, 5.41) is 10.7. The van der Waals surface area contributed by atoms with Gasteiger partial charge in [0.05, 0.1) is 5.39 Å². The van der Waals surface area contributed by atoms with Crippen molar-refractivity contribution >= 4 is 17.2 Å². The highest BCUT2D eigenvalue weighted by Crippen LogP contribution is 2.34. The van der Waals surface area contributed by atoms with Gasteiger partial charge < -0.3 is 10.1 Å². The molecule has 0 aliphatic carbocycles. The molecule has 0 atom stereocenters. The van der Waals surface area contributed by atoms with E-state index in [0.717, 1.165) is 17.4 Å².